The molecule has 2 N–H and O–H groups in total. The summed E-state index contributed by atoms with van der Waals surface area (Å²) in [6.45, 7) is 3.86. The van der Waals surface area contributed by atoms with Crippen LogP contribution in [0.3, 0.4) is 0 Å². The summed E-state index contributed by atoms with van der Waals surface area (Å²) in [5.74, 6) is 1.72. The standard InChI is InChI=1S/C21H37N3O3/c1-22-21(24-14-9-15-25-18-20-12-8-17-27-20)23-13-6-7-16-26-19-10-4-2-3-5-11-19/h8,12,17,19H,2-7,9-11,13-16,18H2,1H3,(H2,22,23,24). The predicted octanol–water partition coefficient (Wildman–Crippen LogP) is 3.87. The number of furan rings is 1. The Labute approximate surface area is 164 Å². The van der Waals surface area contributed by atoms with E-state index in [0.29, 0.717) is 19.3 Å². The van der Waals surface area contributed by atoms with Gasteiger partial charge in [0.25, 0.3) is 0 Å². The van der Waals surface area contributed by atoms with Gasteiger partial charge in [0.15, 0.2) is 5.96 Å². The summed E-state index contributed by atoms with van der Waals surface area (Å²) in [7, 11) is 1.80. The summed E-state index contributed by atoms with van der Waals surface area (Å²) >= 11 is 0. The Balaban J connectivity index is 1.39. The predicted molar refractivity (Wildman–Crippen MR) is 109 cm³/mol. The van der Waals surface area contributed by atoms with E-state index in [2.05, 4.69) is 15.6 Å². The molecule has 0 spiro atoms. The molecular formula is C21H37N3O3. The molecule has 0 amide bonds. The second-order valence-corrected chi connectivity index (χ2v) is 7.10. The van der Waals surface area contributed by atoms with Crippen molar-refractivity contribution >= 4 is 5.96 Å². The van der Waals surface area contributed by atoms with Crippen LogP contribution in [-0.4, -0.2) is 45.4 Å². The second-order valence-electron chi connectivity index (χ2n) is 7.10. The zero-order valence-electron chi connectivity index (χ0n) is 16.9. The van der Waals surface area contributed by atoms with Crippen LogP contribution in [0.2, 0.25) is 0 Å². The number of nitrogens with zero attached hydrogens (tertiary/aromatic N) is 1. The third-order valence-electron chi connectivity index (χ3n) is 4.83. The van der Waals surface area contributed by atoms with Gasteiger partial charge < -0.3 is 24.5 Å². The van der Waals surface area contributed by atoms with Crippen molar-refractivity contribution in [1.29, 1.82) is 0 Å². The molecule has 1 fully saturated rings. The molecule has 0 radical (unpaired) electrons. The summed E-state index contributed by atoms with van der Waals surface area (Å²) in [4.78, 5) is 4.26. The molecule has 0 bridgehead atoms. The van der Waals surface area contributed by atoms with Crippen molar-refractivity contribution in [3.63, 3.8) is 0 Å². The number of rotatable bonds is 12. The fraction of sp³-hybridized carbons (Fsp3) is 0.762. The van der Waals surface area contributed by atoms with Gasteiger partial charge in [-0.2, -0.15) is 0 Å². The van der Waals surface area contributed by atoms with Crippen molar-refractivity contribution in [3.8, 4) is 0 Å². The van der Waals surface area contributed by atoms with E-state index in [4.69, 9.17) is 13.9 Å². The minimum atomic E-state index is 0.505. The van der Waals surface area contributed by atoms with E-state index in [1.807, 2.05) is 12.1 Å². The van der Waals surface area contributed by atoms with Gasteiger partial charge in [-0.25, -0.2) is 0 Å². The monoisotopic (exact) mass is 379 g/mol. The van der Waals surface area contributed by atoms with E-state index >= 15 is 0 Å². The molecule has 1 aromatic rings. The summed E-state index contributed by atoms with van der Waals surface area (Å²) in [6.07, 6.45) is 13.2. The highest BCUT2D eigenvalue weighted by Gasteiger charge is 2.11. The molecule has 2 rings (SSSR count). The maximum Gasteiger partial charge on any atom is 0.190 e. The molecule has 0 unspecified atom stereocenters. The second kappa shape index (κ2) is 14.5. The minimum Gasteiger partial charge on any atom is -0.467 e. The highest BCUT2D eigenvalue weighted by molar-refractivity contribution is 5.79. The van der Waals surface area contributed by atoms with Gasteiger partial charge in [0, 0.05) is 33.4 Å². The van der Waals surface area contributed by atoms with Crippen molar-refractivity contribution in [1.82, 2.24) is 10.6 Å². The minimum absolute atomic E-state index is 0.505. The van der Waals surface area contributed by atoms with Crippen molar-refractivity contribution in [3.05, 3.63) is 24.2 Å². The number of ether oxygens (including phenoxy) is 2. The first-order valence-corrected chi connectivity index (χ1v) is 10.5. The van der Waals surface area contributed by atoms with Crippen LogP contribution in [0.1, 0.15) is 63.5 Å². The molecule has 6 nitrogen and oxygen atoms in total. The number of hydrogen-bond donors (Lipinski definition) is 2. The lowest BCUT2D eigenvalue weighted by atomic mass is 10.1. The van der Waals surface area contributed by atoms with Crippen LogP contribution < -0.4 is 10.6 Å². The van der Waals surface area contributed by atoms with Crippen LogP contribution in [-0.2, 0) is 16.1 Å². The van der Waals surface area contributed by atoms with Crippen molar-refractivity contribution in [2.45, 2.75) is 70.5 Å². The topological polar surface area (TPSA) is 68.0 Å². The zero-order valence-corrected chi connectivity index (χ0v) is 16.9. The number of aliphatic imine (C=N–C) groups is 1. The third kappa shape index (κ3) is 10.4. The number of hydrogen-bond acceptors (Lipinski definition) is 4. The molecule has 1 saturated carbocycles. The quantitative estimate of drug-likeness (QED) is 0.250. The number of guanidine groups is 1. The molecule has 154 valence electrons. The molecule has 0 aromatic carbocycles. The summed E-state index contributed by atoms with van der Waals surface area (Å²) in [6, 6.07) is 3.80. The Bertz CT molecular complexity index is 483. The first kappa shape index (κ1) is 21.8. The number of unbranched alkanes of at least 4 members (excludes halogenated alkanes) is 1. The molecule has 0 atom stereocenters. The average molecular weight is 380 g/mol. The normalized spacial score (nSPS) is 16.3. The van der Waals surface area contributed by atoms with Crippen LogP contribution in [0, 0.1) is 0 Å². The van der Waals surface area contributed by atoms with E-state index in [-0.39, 0.29) is 0 Å². The molecule has 1 aromatic heterocycles. The van der Waals surface area contributed by atoms with Gasteiger partial charge in [0.05, 0.1) is 12.4 Å². The Hall–Kier alpha value is -1.53. The van der Waals surface area contributed by atoms with Crippen LogP contribution >= 0.6 is 0 Å². The fourth-order valence-electron chi connectivity index (χ4n) is 3.26. The van der Waals surface area contributed by atoms with Gasteiger partial charge in [-0.1, -0.05) is 25.7 Å². The summed E-state index contributed by atoms with van der Waals surface area (Å²) in [5, 5.41) is 6.68. The molecule has 1 aliphatic carbocycles. The first-order chi connectivity index (χ1) is 13.4. The zero-order chi connectivity index (χ0) is 19.0. The highest BCUT2D eigenvalue weighted by Crippen LogP contribution is 2.19. The van der Waals surface area contributed by atoms with Gasteiger partial charge >= 0.3 is 0 Å². The largest absolute Gasteiger partial charge is 0.467 e. The first-order valence-electron chi connectivity index (χ1n) is 10.5. The van der Waals surface area contributed by atoms with Crippen molar-refractivity contribution < 1.29 is 13.9 Å². The number of nitrogens with one attached hydrogen (secondary N) is 2. The molecule has 0 saturated heterocycles. The Morgan fingerprint density at radius 1 is 1.07 bits per heavy atom. The van der Waals surface area contributed by atoms with E-state index in [1.165, 1.54) is 38.5 Å². The average Bonchev–Trinajstić information content (AvgIpc) is 3.07. The van der Waals surface area contributed by atoms with Crippen LogP contribution in [0.15, 0.2) is 27.8 Å². The molecule has 6 heteroatoms. The molecular weight excluding hydrogens is 342 g/mol. The lowest BCUT2D eigenvalue weighted by Crippen LogP contribution is -2.38. The molecule has 1 aliphatic rings. The van der Waals surface area contributed by atoms with E-state index < -0.39 is 0 Å². The van der Waals surface area contributed by atoms with Crippen LogP contribution in [0.25, 0.3) is 0 Å². The Morgan fingerprint density at radius 2 is 1.85 bits per heavy atom. The smallest absolute Gasteiger partial charge is 0.190 e. The van der Waals surface area contributed by atoms with E-state index in [1.54, 1.807) is 13.3 Å². The van der Waals surface area contributed by atoms with Gasteiger partial charge in [-0.15, -0.1) is 0 Å². The van der Waals surface area contributed by atoms with E-state index in [0.717, 1.165) is 50.7 Å². The highest BCUT2D eigenvalue weighted by atomic mass is 16.5. The summed E-state index contributed by atoms with van der Waals surface area (Å²) in [5.41, 5.74) is 0. The maximum atomic E-state index is 6.03. The van der Waals surface area contributed by atoms with Crippen molar-refractivity contribution in [2.75, 3.05) is 33.4 Å². The van der Waals surface area contributed by atoms with Crippen LogP contribution in [0.4, 0.5) is 0 Å². The van der Waals surface area contributed by atoms with Gasteiger partial charge in [0.2, 0.25) is 0 Å². The molecule has 0 aliphatic heterocycles. The fourth-order valence-corrected chi connectivity index (χ4v) is 3.26. The Morgan fingerprint density at radius 3 is 2.56 bits per heavy atom. The lowest BCUT2D eigenvalue weighted by Gasteiger charge is -2.15. The summed E-state index contributed by atoms with van der Waals surface area (Å²) < 4.78 is 16.8. The van der Waals surface area contributed by atoms with Gasteiger partial charge in [0.1, 0.15) is 12.4 Å². The van der Waals surface area contributed by atoms with Gasteiger partial charge in [-0.05, 0) is 44.2 Å². The molecule has 27 heavy (non-hydrogen) atoms. The Kier molecular flexibility index (Phi) is 11.7. The SMILES string of the molecule is CN=C(NCCCCOC1CCCCCC1)NCCCOCc1ccco1. The molecule has 1 heterocycles. The van der Waals surface area contributed by atoms with Crippen LogP contribution in [0.5, 0.6) is 0 Å². The van der Waals surface area contributed by atoms with E-state index in [9.17, 15) is 0 Å². The maximum absolute atomic E-state index is 6.03. The third-order valence-corrected chi connectivity index (χ3v) is 4.83. The van der Waals surface area contributed by atoms with Crippen molar-refractivity contribution in [2.24, 2.45) is 4.99 Å². The lowest BCUT2D eigenvalue weighted by molar-refractivity contribution is 0.0411. The van der Waals surface area contributed by atoms with Gasteiger partial charge in [-0.3, -0.25) is 4.99 Å².